The molecule has 0 fully saturated rings. The first-order valence-electron chi connectivity index (χ1n) is 6.22. The van der Waals surface area contributed by atoms with Gasteiger partial charge in [-0.05, 0) is 54.8 Å². The zero-order valence-electron chi connectivity index (χ0n) is 11.3. The Morgan fingerprint density at radius 3 is 2.40 bits per heavy atom. The number of nitrogen functional groups attached to an aromatic ring is 1. The molecule has 2 rings (SSSR count). The van der Waals surface area contributed by atoms with E-state index in [1.54, 1.807) is 12.1 Å². The van der Waals surface area contributed by atoms with Gasteiger partial charge < -0.3 is 5.73 Å². The Balaban J connectivity index is 2.28. The number of hydrogen-bond acceptors (Lipinski definition) is 2. The minimum atomic E-state index is 0.0454. The summed E-state index contributed by atoms with van der Waals surface area (Å²) in [5.74, 6) is 0.0454. The number of carbonyl (C=O) groups is 1. The largest absolute Gasteiger partial charge is 0.399 e. The lowest BCUT2D eigenvalue weighted by molar-refractivity contribution is 0.0992. The van der Waals surface area contributed by atoms with E-state index in [4.69, 9.17) is 28.9 Å². The van der Waals surface area contributed by atoms with E-state index in [9.17, 15) is 4.79 Å². The van der Waals surface area contributed by atoms with E-state index in [1.165, 1.54) is 0 Å². The van der Waals surface area contributed by atoms with Gasteiger partial charge in [0.25, 0.3) is 0 Å². The molecule has 0 aromatic heterocycles. The summed E-state index contributed by atoms with van der Waals surface area (Å²) in [6, 6.07) is 8.91. The molecule has 0 aliphatic heterocycles. The van der Waals surface area contributed by atoms with Gasteiger partial charge in [-0.15, -0.1) is 0 Å². The molecular formula is C16H15Cl2NO. The highest BCUT2D eigenvalue weighted by Gasteiger charge is 2.12. The molecule has 0 spiro atoms. The molecule has 4 heteroatoms. The number of benzene rings is 2. The molecule has 0 amide bonds. The van der Waals surface area contributed by atoms with Crippen molar-refractivity contribution in [1.29, 1.82) is 0 Å². The number of aryl methyl sites for hydroxylation is 2. The average molecular weight is 308 g/mol. The minimum Gasteiger partial charge on any atom is -0.399 e. The van der Waals surface area contributed by atoms with Crippen LogP contribution in [0.3, 0.4) is 0 Å². The molecule has 0 saturated carbocycles. The molecule has 0 heterocycles. The third-order valence-electron chi connectivity index (χ3n) is 3.26. The van der Waals surface area contributed by atoms with Crippen LogP contribution in [0, 0.1) is 13.8 Å². The monoisotopic (exact) mass is 307 g/mol. The van der Waals surface area contributed by atoms with Crippen molar-refractivity contribution < 1.29 is 4.79 Å². The summed E-state index contributed by atoms with van der Waals surface area (Å²) in [6.07, 6.45) is 0.293. The molecule has 2 nitrogen and oxygen atoms in total. The van der Waals surface area contributed by atoms with Crippen LogP contribution in [0.1, 0.15) is 27.0 Å². The van der Waals surface area contributed by atoms with Gasteiger partial charge in [0.15, 0.2) is 5.78 Å². The minimum absolute atomic E-state index is 0.0454. The van der Waals surface area contributed by atoms with Crippen molar-refractivity contribution in [1.82, 2.24) is 0 Å². The first-order valence-corrected chi connectivity index (χ1v) is 6.98. The lowest BCUT2D eigenvalue weighted by atomic mass is 9.96. The maximum absolute atomic E-state index is 12.4. The van der Waals surface area contributed by atoms with Crippen LogP contribution in [0.2, 0.25) is 10.0 Å². The van der Waals surface area contributed by atoms with Crippen LogP contribution in [-0.4, -0.2) is 5.78 Å². The third-order valence-corrected chi connectivity index (χ3v) is 4.00. The average Bonchev–Trinajstić information content (AvgIpc) is 2.38. The van der Waals surface area contributed by atoms with Crippen molar-refractivity contribution >= 4 is 34.7 Å². The van der Waals surface area contributed by atoms with Crippen LogP contribution >= 0.6 is 23.2 Å². The first-order chi connectivity index (χ1) is 9.38. The van der Waals surface area contributed by atoms with Crippen molar-refractivity contribution in [3.63, 3.8) is 0 Å². The molecule has 0 saturated heterocycles. The molecule has 0 atom stereocenters. The quantitative estimate of drug-likeness (QED) is 0.664. The molecule has 0 aliphatic carbocycles. The van der Waals surface area contributed by atoms with Gasteiger partial charge in [0.1, 0.15) is 0 Å². The van der Waals surface area contributed by atoms with E-state index in [0.717, 1.165) is 16.7 Å². The summed E-state index contributed by atoms with van der Waals surface area (Å²) in [4.78, 5) is 12.4. The first kappa shape index (κ1) is 14.9. The second-order valence-electron chi connectivity index (χ2n) is 4.87. The molecule has 2 aromatic rings. The standard InChI is InChI=1S/C16H15Cl2NO/c1-9-6-15(19)10(2)5-12(9)16(20)8-11-3-4-13(17)14(18)7-11/h3-7H,8,19H2,1-2H3. The highest BCUT2D eigenvalue weighted by atomic mass is 35.5. The second kappa shape index (κ2) is 5.86. The van der Waals surface area contributed by atoms with Gasteiger partial charge in [-0.25, -0.2) is 0 Å². The topological polar surface area (TPSA) is 43.1 Å². The zero-order valence-corrected chi connectivity index (χ0v) is 12.8. The Bertz CT molecular complexity index is 680. The summed E-state index contributed by atoms with van der Waals surface area (Å²) in [5.41, 5.74) is 9.88. The molecule has 2 aromatic carbocycles. The molecule has 2 N–H and O–H groups in total. The molecule has 20 heavy (non-hydrogen) atoms. The lowest BCUT2D eigenvalue weighted by Crippen LogP contribution is -2.07. The van der Waals surface area contributed by atoms with Gasteiger partial charge in [0.2, 0.25) is 0 Å². The van der Waals surface area contributed by atoms with Crippen LogP contribution in [0.25, 0.3) is 0 Å². The van der Waals surface area contributed by atoms with Crippen LogP contribution < -0.4 is 5.73 Å². The maximum Gasteiger partial charge on any atom is 0.167 e. The van der Waals surface area contributed by atoms with Crippen LogP contribution in [0.4, 0.5) is 5.69 Å². The van der Waals surface area contributed by atoms with Gasteiger partial charge >= 0.3 is 0 Å². The predicted molar refractivity (Wildman–Crippen MR) is 84.8 cm³/mol. The number of anilines is 1. The summed E-state index contributed by atoms with van der Waals surface area (Å²) in [7, 11) is 0. The summed E-state index contributed by atoms with van der Waals surface area (Å²) in [6.45, 7) is 3.78. The van der Waals surface area contributed by atoms with Crippen molar-refractivity contribution in [3.8, 4) is 0 Å². The number of carbonyl (C=O) groups excluding carboxylic acids is 1. The van der Waals surface area contributed by atoms with Gasteiger partial charge in [0, 0.05) is 17.7 Å². The number of ketones is 1. The van der Waals surface area contributed by atoms with Crippen molar-refractivity contribution in [3.05, 3.63) is 62.6 Å². The Morgan fingerprint density at radius 1 is 1.05 bits per heavy atom. The van der Waals surface area contributed by atoms with Gasteiger partial charge in [-0.2, -0.15) is 0 Å². The fraction of sp³-hybridized carbons (Fsp3) is 0.188. The van der Waals surface area contributed by atoms with E-state index in [-0.39, 0.29) is 5.78 Å². The van der Waals surface area contributed by atoms with E-state index in [2.05, 4.69) is 0 Å². The normalized spacial score (nSPS) is 10.6. The number of Topliss-reactive ketones (excluding diaryl/α,β-unsaturated/α-hetero) is 1. The predicted octanol–water partition coefficient (Wildman–Crippen LogP) is 4.62. The Hall–Kier alpha value is -1.51. The third kappa shape index (κ3) is 3.14. The van der Waals surface area contributed by atoms with Crippen LogP contribution in [-0.2, 0) is 6.42 Å². The summed E-state index contributed by atoms with van der Waals surface area (Å²) >= 11 is 11.8. The van der Waals surface area contributed by atoms with E-state index in [0.29, 0.717) is 27.7 Å². The fourth-order valence-corrected chi connectivity index (χ4v) is 2.39. The number of nitrogens with two attached hydrogens (primary N) is 1. The zero-order chi connectivity index (χ0) is 14.9. The van der Waals surface area contributed by atoms with Crippen LogP contribution in [0.5, 0.6) is 0 Å². The van der Waals surface area contributed by atoms with Crippen molar-refractivity contribution in [2.45, 2.75) is 20.3 Å². The molecule has 104 valence electrons. The molecule has 0 bridgehead atoms. The van der Waals surface area contributed by atoms with E-state index < -0.39 is 0 Å². The Labute approximate surface area is 128 Å². The highest BCUT2D eigenvalue weighted by Crippen LogP contribution is 2.24. The number of hydrogen-bond donors (Lipinski definition) is 1. The van der Waals surface area contributed by atoms with Gasteiger partial charge in [-0.3, -0.25) is 4.79 Å². The van der Waals surface area contributed by atoms with Gasteiger partial charge in [-0.1, -0.05) is 29.3 Å². The van der Waals surface area contributed by atoms with E-state index in [1.807, 2.05) is 32.0 Å². The van der Waals surface area contributed by atoms with E-state index >= 15 is 0 Å². The lowest BCUT2D eigenvalue weighted by Gasteiger charge is -2.09. The molecule has 0 radical (unpaired) electrons. The molecule has 0 unspecified atom stereocenters. The highest BCUT2D eigenvalue weighted by molar-refractivity contribution is 6.42. The Kier molecular flexibility index (Phi) is 4.36. The van der Waals surface area contributed by atoms with Gasteiger partial charge in [0.05, 0.1) is 10.0 Å². The summed E-state index contributed by atoms with van der Waals surface area (Å²) < 4.78 is 0. The smallest absolute Gasteiger partial charge is 0.167 e. The van der Waals surface area contributed by atoms with Crippen LogP contribution in [0.15, 0.2) is 30.3 Å². The molecule has 0 aliphatic rings. The molecular weight excluding hydrogens is 293 g/mol. The summed E-state index contributed by atoms with van der Waals surface area (Å²) in [5, 5.41) is 0.949. The Morgan fingerprint density at radius 2 is 1.75 bits per heavy atom. The number of rotatable bonds is 3. The van der Waals surface area contributed by atoms with Crippen molar-refractivity contribution in [2.75, 3.05) is 5.73 Å². The maximum atomic E-state index is 12.4. The number of halogens is 2. The SMILES string of the molecule is Cc1cc(C(=O)Cc2ccc(Cl)c(Cl)c2)c(C)cc1N. The van der Waals surface area contributed by atoms with Crippen molar-refractivity contribution in [2.24, 2.45) is 0 Å². The second-order valence-corrected chi connectivity index (χ2v) is 5.69. The fourth-order valence-electron chi connectivity index (χ4n) is 2.07.